The van der Waals surface area contributed by atoms with Crippen LogP contribution in [0.25, 0.3) is 0 Å². The molecule has 0 N–H and O–H groups in total. The highest BCUT2D eigenvalue weighted by Crippen LogP contribution is 2.47. The molecular weight excluding hydrogens is 268 g/mol. The lowest BCUT2D eigenvalue weighted by molar-refractivity contribution is 0.00384. The Hall–Kier alpha value is -2.25. The fourth-order valence-corrected chi connectivity index (χ4v) is 3.52. The summed E-state index contributed by atoms with van der Waals surface area (Å²) in [6.07, 6.45) is 8.90. The number of allylic oxidation sites excluding steroid dienone is 2. The van der Waals surface area contributed by atoms with Gasteiger partial charge in [0.15, 0.2) is 0 Å². The Balaban J connectivity index is 1.79. The molecule has 1 aliphatic heterocycles. The van der Waals surface area contributed by atoms with Gasteiger partial charge in [0.25, 0.3) is 0 Å². The molecule has 0 spiro atoms. The molecule has 1 unspecified atom stereocenters. The normalized spacial score (nSPS) is 26.7. The van der Waals surface area contributed by atoms with Crippen molar-refractivity contribution in [1.29, 1.82) is 0 Å². The van der Waals surface area contributed by atoms with Crippen molar-refractivity contribution in [3.05, 3.63) is 102 Å². The van der Waals surface area contributed by atoms with Crippen molar-refractivity contribution in [3.63, 3.8) is 0 Å². The minimum absolute atomic E-state index is 0.0889. The number of hydrogen-bond acceptors (Lipinski definition) is 1. The maximum atomic E-state index is 6.29. The smallest absolute Gasteiger partial charge is 0.110 e. The highest BCUT2D eigenvalue weighted by Gasteiger charge is 2.41. The Bertz CT molecular complexity index is 684. The van der Waals surface area contributed by atoms with E-state index in [0.717, 1.165) is 6.61 Å². The summed E-state index contributed by atoms with van der Waals surface area (Å²) in [6, 6.07) is 21.3. The van der Waals surface area contributed by atoms with Gasteiger partial charge in [-0.25, -0.2) is 0 Å². The molecule has 4 rings (SSSR count). The van der Waals surface area contributed by atoms with Crippen molar-refractivity contribution in [3.8, 4) is 0 Å². The molecule has 0 radical (unpaired) electrons. The molecule has 2 aliphatic rings. The third-order valence-electron chi connectivity index (χ3n) is 4.58. The average Bonchev–Trinajstić information content (AvgIpc) is 2.62. The minimum atomic E-state index is 0.0889. The van der Waals surface area contributed by atoms with Crippen LogP contribution in [0, 0.1) is 12.3 Å². The van der Waals surface area contributed by atoms with Gasteiger partial charge >= 0.3 is 0 Å². The van der Waals surface area contributed by atoms with Crippen LogP contribution in [0.2, 0.25) is 0 Å². The minimum Gasteiger partial charge on any atom is -0.368 e. The standard InChI is InChI=1S/C21H19O/c1-3-9-16(10-4-1)20-19-14-8-7-13-18(19)15-22-21(20)17-11-5-2-6-12-17/h1-14,18,20-21H,15H2/q+1/t18?,20-,21+/m1/s1. The predicted octanol–water partition coefficient (Wildman–Crippen LogP) is 4.86. The largest absolute Gasteiger partial charge is 0.368 e. The van der Waals surface area contributed by atoms with E-state index in [1.54, 1.807) is 0 Å². The number of benzene rings is 2. The molecule has 108 valence electrons. The molecule has 2 aromatic carbocycles. The van der Waals surface area contributed by atoms with E-state index in [1.165, 1.54) is 16.7 Å². The van der Waals surface area contributed by atoms with E-state index in [0.29, 0.717) is 5.92 Å². The van der Waals surface area contributed by atoms with Crippen molar-refractivity contribution >= 4 is 0 Å². The molecule has 1 heteroatoms. The van der Waals surface area contributed by atoms with Crippen LogP contribution in [-0.2, 0) is 4.74 Å². The van der Waals surface area contributed by atoms with E-state index in [2.05, 4.69) is 85.3 Å². The van der Waals surface area contributed by atoms with Gasteiger partial charge in [0.05, 0.1) is 12.5 Å². The lowest BCUT2D eigenvalue weighted by Crippen LogP contribution is -2.30. The zero-order valence-electron chi connectivity index (χ0n) is 12.4. The van der Waals surface area contributed by atoms with Crippen LogP contribution in [0.1, 0.15) is 23.1 Å². The topological polar surface area (TPSA) is 9.23 Å². The van der Waals surface area contributed by atoms with Gasteiger partial charge in [0, 0.05) is 30.2 Å². The second kappa shape index (κ2) is 5.86. The van der Waals surface area contributed by atoms with E-state index in [9.17, 15) is 0 Å². The van der Waals surface area contributed by atoms with Crippen LogP contribution in [0.4, 0.5) is 0 Å². The van der Waals surface area contributed by atoms with Crippen LogP contribution in [0.15, 0.2) is 84.5 Å². The summed E-state index contributed by atoms with van der Waals surface area (Å²) >= 11 is 0. The van der Waals surface area contributed by atoms with E-state index in [-0.39, 0.29) is 12.0 Å². The quantitative estimate of drug-likeness (QED) is 0.717. The summed E-state index contributed by atoms with van der Waals surface area (Å²) in [5.41, 5.74) is 4.05. The van der Waals surface area contributed by atoms with E-state index >= 15 is 0 Å². The second-order valence-corrected chi connectivity index (χ2v) is 5.90. The van der Waals surface area contributed by atoms with Crippen LogP contribution in [0.3, 0.4) is 0 Å². The molecule has 0 amide bonds. The molecule has 1 saturated heterocycles. The van der Waals surface area contributed by atoms with Crippen molar-refractivity contribution in [2.24, 2.45) is 5.92 Å². The summed E-state index contributed by atoms with van der Waals surface area (Å²) in [5.74, 6) is 0.679. The molecule has 1 fully saturated rings. The Morgan fingerprint density at radius 2 is 1.55 bits per heavy atom. The summed E-state index contributed by atoms with van der Waals surface area (Å²) < 4.78 is 6.29. The molecule has 1 nitrogen and oxygen atoms in total. The monoisotopic (exact) mass is 287 g/mol. The summed E-state index contributed by atoms with van der Waals surface area (Å²) in [7, 11) is 0. The lowest BCUT2D eigenvalue weighted by atomic mass is 9.74. The summed E-state index contributed by atoms with van der Waals surface area (Å²) in [4.78, 5) is 0. The summed E-state index contributed by atoms with van der Waals surface area (Å²) in [6.45, 7) is 0.763. The maximum absolute atomic E-state index is 6.29. The summed E-state index contributed by atoms with van der Waals surface area (Å²) in [5, 5.41) is 0. The first-order chi connectivity index (χ1) is 10.9. The highest BCUT2D eigenvalue weighted by atomic mass is 16.5. The van der Waals surface area contributed by atoms with E-state index < -0.39 is 0 Å². The van der Waals surface area contributed by atoms with Gasteiger partial charge in [-0.3, -0.25) is 0 Å². The third-order valence-corrected chi connectivity index (χ3v) is 4.58. The molecule has 3 atom stereocenters. The first-order valence-electron chi connectivity index (χ1n) is 7.86. The van der Waals surface area contributed by atoms with Crippen LogP contribution in [0.5, 0.6) is 0 Å². The Kier molecular flexibility index (Phi) is 3.57. The predicted molar refractivity (Wildman–Crippen MR) is 89.3 cm³/mol. The lowest BCUT2D eigenvalue weighted by Gasteiger charge is -2.35. The maximum Gasteiger partial charge on any atom is 0.110 e. The molecule has 0 bridgehead atoms. The van der Waals surface area contributed by atoms with Crippen LogP contribution < -0.4 is 0 Å². The highest BCUT2D eigenvalue weighted by molar-refractivity contribution is 5.42. The fraction of sp³-hybridized carbons (Fsp3) is 0.190. The van der Waals surface area contributed by atoms with Gasteiger partial charge in [0.1, 0.15) is 12.0 Å². The van der Waals surface area contributed by atoms with Gasteiger partial charge in [-0.15, -0.1) is 0 Å². The molecule has 1 heterocycles. The number of fused-ring (bicyclic) bond motifs is 1. The van der Waals surface area contributed by atoms with Crippen molar-refractivity contribution in [2.75, 3.05) is 6.61 Å². The van der Waals surface area contributed by atoms with Crippen molar-refractivity contribution < 1.29 is 4.74 Å². The van der Waals surface area contributed by atoms with Crippen LogP contribution in [-0.4, -0.2) is 6.61 Å². The van der Waals surface area contributed by atoms with E-state index in [1.807, 2.05) is 0 Å². The SMILES string of the molecule is C1=CC2CO[C@@H](c3ccccc3)[C@H](c3ccccc3)C2=C[CH+]1. The molecule has 22 heavy (non-hydrogen) atoms. The molecular formula is C21H19O+. The van der Waals surface area contributed by atoms with Gasteiger partial charge in [-0.1, -0.05) is 60.7 Å². The number of rotatable bonds is 2. The average molecular weight is 287 g/mol. The Morgan fingerprint density at radius 3 is 2.27 bits per heavy atom. The molecule has 0 saturated carbocycles. The number of ether oxygens (including phenoxy) is 1. The first-order valence-corrected chi connectivity index (χ1v) is 7.86. The van der Waals surface area contributed by atoms with Crippen molar-refractivity contribution in [1.82, 2.24) is 0 Å². The van der Waals surface area contributed by atoms with Gasteiger partial charge < -0.3 is 4.74 Å². The first kappa shape index (κ1) is 13.4. The number of hydrogen-bond donors (Lipinski definition) is 0. The fourth-order valence-electron chi connectivity index (χ4n) is 3.52. The molecule has 0 aromatic heterocycles. The molecule has 2 aromatic rings. The zero-order chi connectivity index (χ0) is 14.8. The zero-order valence-corrected chi connectivity index (χ0v) is 12.4. The second-order valence-electron chi connectivity index (χ2n) is 5.90. The third kappa shape index (κ3) is 2.38. The molecule has 1 aliphatic carbocycles. The van der Waals surface area contributed by atoms with Crippen molar-refractivity contribution in [2.45, 2.75) is 12.0 Å². The Morgan fingerprint density at radius 1 is 0.864 bits per heavy atom. The van der Waals surface area contributed by atoms with Gasteiger partial charge in [-0.2, -0.15) is 0 Å². The van der Waals surface area contributed by atoms with Gasteiger partial charge in [0.2, 0.25) is 0 Å². The van der Waals surface area contributed by atoms with Gasteiger partial charge in [-0.05, 0) is 11.1 Å². The van der Waals surface area contributed by atoms with E-state index in [4.69, 9.17) is 4.74 Å². The van der Waals surface area contributed by atoms with Crippen LogP contribution >= 0.6 is 0 Å². The Labute approximate surface area is 131 Å².